The zero-order valence-electron chi connectivity index (χ0n) is 15.3. The molecule has 0 bridgehead atoms. The first kappa shape index (κ1) is 20.0. The van der Waals surface area contributed by atoms with Crippen LogP contribution in [0.4, 0.5) is 0 Å². The van der Waals surface area contributed by atoms with Crippen LogP contribution < -0.4 is 4.74 Å². The van der Waals surface area contributed by atoms with E-state index in [9.17, 15) is 9.59 Å². The second-order valence-electron chi connectivity index (χ2n) is 6.94. The van der Waals surface area contributed by atoms with E-state index in [1.165, 1.54) is 6.33 Å². The number of hydrogen-bond donors (Lipinski definition) is 0. The van der Waals surface area contributed by atoms with Crippen LogP contribution in [-0.4, -0.2) is 27.9 Å². The number of imidazole rings is 1. The Kier molecular flexibility index (Phi) is 6.42. The van der Waals surface area contributed by atoms with Crippen molar-refractivity contribution in [1.29, 1.82) is 0 Å². The maximum atomic E-state index is 13.1. The van der Waals surface area contributed by atoms with Crippen molar-refractivity contribution in [2.24, 2.45) is 11.3 Å². The summed E-state index contributed by atoms with van der Waals surface area (Å²) in [6.07, 6.45) is 3.78. The van der Waals surface area contributed by atoms with E-state index >= 15 is 0 Å². The average Bonchev–Trinajstić information content (AvgIpc) is 3.12. The lowest BCUT2D eigenvalue weighted by molar-refractivity contribution is -0.155. The monoisotopic (exact) mass is 378 g/mol. The van der Waals surface area contributed by atoms with Gasteiger partial charge in [0.25, 0.3) is 0 Å². The molecule has 0 aliphatic rings. The van der Waals surface area contributed by atoms with E-state index in [-0.39, 0.29) is 24.3 Å². The van der Waals surface area contributed by atoms with Gasteiger partial charge >= 0.3 is 5.97 Å². The number of hydrogen-bond acceptors (Lipinski definition) is 5. The quantitative estimate of drug-likeness (QED) is 0.651. The number of rotatable bonds is 8. The number of halogens is 1. The van der Waals surface area contributed by atoms with E-state index < -0.39 is 11.6 Å². The van der Waals surface area contributed by atoms with Crippen LogP contribution in [0.15, 0.2) is 43.0 Å². The zero-order chi connectivity index (χ0) is 19.3. The number of nitrogens with zero attached hydrogens (tertiary/aromatic N) is 2. The smallest absolute Gasteiger partial charge is 0.308 e. The lowest BCUT2D eigenvalue weighted by Gasteiger charge is -2.29. The van der Waals surface area contributed by atoms with Crippen molar-refractivity contribution in [3.05, 3.63) is 48.0 Å². The third-order valence-electron chi connectivity index (χ3n) is 3.80. The Labute approximate surface area is 158 Å². The molecule has 0 saturated heterocycles. The molecule has 0 aliphatic carbocycles. The lowest BCUT2D eigenvalue weighted by Crippen LogP contribution is -2.39. The number of carbonyl (C=O) groups excluding carboxylic acids is 2. The SMILES string of the molecule is CC(C)C(=O)OCC(C)(C)C(=O)C(Oc1ccc(Cl)cc1)n1ccnc1. The van der Waals surface area contributed by atoms with Gasteiger partial charge in [-0.1, -0.05) is 25.4 Å². The van der Waals surface area contributed by atoms with Gasteiger partial charge in [-0.05, 0) is 38.1 Å². The van der Waals surface area contributed by atoms with Gasteiger partial charge in [-0.25, -0.2) is 4.98 Å². The molecule has 2 rings (SSSR count). The summed E-state index contributed by atoms with van der Waals surface area (Å²) in [6.45, 7) is 6.90. The fraction of sp³-hybridized carbons (Fsp3) is 0.421. The highest BCUT2D eigenvalue weighted by Crippen LogP contribution is 2.28. The molecule has 0 aliphatic heterocycles. The summed E-state index contributed by atoms with van der Waals surface area (Å²) in [7, 11) is 0. The lowest BCUT2D eigenvalue weighted by atomic mass is 9.88. The van der Waals surface area contributed by atoms with Crippen molar-refractivity contribution in [3.8, 4) is 5.75 Å². The number of ketones is 1. The number of benzene rings is 1. The van der Waals surface area contributed by atoms with Gasteiger partial charge in [0.15, 0.2) is 0 Å². The van der Waals surface area contributed by atoms with Crippen LogP contribution >= 0.6 is 11.6 Å². The summed E-state index contributed by atoms with van der Waals surface area (Å²) in [5.74, 6) is -0.335. The van der Waals surface area contributed by atoms with Crippen molar-refractivity contribution >= 4 is 23.4 Å². The van der Waals surface area contributed by atoms with Crippen LogP contribution in [0, 0.1) is 11.3 Å². The first-order valence-electron chi connectivity index (χ1n) is 8.31. The van der Waals surface area contributed by atoms with E-state index in [0.29, 0.717) is 10.8 Å². The molecule has 0 N–H and O–H groups in total. The van der Waals surface area contributed by atoms with Gasteiger partial charge in [0.1, 0.15) is 12.4 Å². The number of ether oxygens (including phenoxy) is 2. The normalized spacial score (nSPS) is 12.7. The molecule has 0 spiro atoms. The molecule has 1 atom stereocenters. The molecular formula is C19H23ClN2O4. The largest absolute Gasteiger partial charge is 0.464 e. The van der Waals surface area contributed by atoms with E-state index in [1.54, 1.807) is 68.9 Å². The predicted molar refractivity (Wildman–Crippen MR) is 97.9 cm³/mol. The summed E-state index contributed by atoms with van der Waals surface area (Å²) in [5.41, 5.74) is -0.939. The van der Waals surface area contributed by atoms with Gasteiger partial charge in [-0.3, -0.25) is 14.2 Å². The van der Waals surface area contributed by atoms with Gasteiger partial charge in [0, 0.05) is 17.4 Å². The highest BCUT2D eigenvalue weighted by molar-refractivity contribution is 6.30. The van der Waals surface area contributed by atoms with Crippen molar-refractivity contribution in [3.63, 3.8) is 0 Å². The maximum Gasteiger partial charge on any atom is 0.308 e. The fourth-order valence-corrected chi connectivity index (χ4v) is 2.25. The Morgan fingerprint density at radius 2 is 1.88 bits per heavy atom. The van der Waals surface area contributed by atoms with Crippen molar-refractivity contribution in [2.75, 3.05) is 6.61 Å². The summed E-state index contributed by atoms with van der Waals surface area (Å²) in [6, 6.07) is 6.74. The molecule has 0 fully saturated rings. The molecule has 140 valence electrons. The molecule has 0 saturated carbocycles. The van der Waals surface area contributed by atoms with Gasteiger partial charge in [0.05, 0.1) is 17.7 Å². The third-order valence-corrected chi connectivity index (χ3v) is 4.05. The molecule has 0 radical (unpaired) electrons. The van der Waals surface area contributed by atoms with Crippen molar-refractivity contribution in [2.45, 2.75) is 33.9 Å². The predicted octanol–water partition coefficient (Wildman–Crippen LogP) is 3.91. The number of esters is 1. The van der Waals surface area contributed by atoms with E-state index in [1.807, 2.05) is 0 Å². The summed E-state index contributed by atoms with van der Waals surface area (Å²) in [4.78, 5) is 28.9. The molecule has 1 aromatic heterocycles. The summed E-state index contributed by atoms with van der Waals surface area (Å²) < 4.78 is 12.7. The highest BCUT2D eigenvalue weighted by atomic mass is 35.5. The van der Waals surface area contributed by atoms with Crippen LogP contribution in [0.2, 0.25) is 5.02 Å². The van der Waals surface area contributed by atoms with Gasteiger partial charge in [-0.2, -0.15) is 0 Å². The standard InChI is InChI=1S/C19H23ClN2O4/c1-13(2)18(24)25-11-19(3,4)16(23)17(22-10-9-21-12-22)26-15-7-5-14(20)6-8-15/h5-10,12-13,17H,11H2,1-4H3. The zero-order valence-corrected chi connectivity index (χ0v) is 16.1. The van der Waals surface area contributed by atoms with E-state index in [0.717, 1.165) is 0 Å². The van der Waals surface area contributed by atoms with Gasteiger partial charge in [-0.15, -0.1) is 0 Å². The molecule has 26 heavy (non-hydrogen) atoms. The van der Waals surface area contributed by atoms with Crippen molar-refractivity contribution < 1.29 is 19.1 Å². The second kappa shape index (κ2) is 8.36. The minimum atomic E-state index is -0.939. The van der Waals surface area contributed by atoms with Crippen LogP contribution in [0.5, 0.6) is 5.75 Å². The summed E-state index contributed by atoms with van der Waals surface area (Å²) >= 11 is 5.89. The Hall–Kier alpha value is -2.34. The highest BCUT2D eigenvalue weighted by Gasteiger charge is 2.37. The van der Waals surface area contributed by atoms with Crippen LogP contribution in [-0.2, 0) is 14.3 Å². The molecule has 1 unspecified atom stereocenters. The average molecular weight is 379 g/mol. The van der Waals surface area contributed by atoms with Crippen LogP contribution in [0.1, 0.15) is 33.9 Å². The fourth-order valence-electron chi connectivity index (χ4n) is 2.12. The second-order valence-corrected chi connectivity index (χ2v) is 7.38. The van der Waals surface area contributed by atoms with Gasteiger partial charge in [0.2, 0.25) is 12.0 Å². The number of Topliss-reactive ketones (excluding diaryl/α,β-unsaturated/α-hetero) is 1. The number of aromatic nitrogens is 2. The molecule has 7 heteroatoms. The third kappa shape index (κ3) is 5.08. The number of carbonyl (C=O) groups is 2. The van der Waals surface area contributed by atoms with Crippen molar-refractivity contribution in [1.82, 2.24) is 9.55 Å². The molecule has 0 amide bonds. The molecule has 1 aromatic carbocycles. The minimum absolute atomic E-state index is 0.0297. The molecule has 1 heterocycles. The van der Waals surface area contributed by atoms with Crippen LogP contribution in [0.3, 0.4) is 0 Å². The molecule has 2 aromatic rings. The Balaban J connectivity index is 2.19. The minimum Gasteiger partial charge on any atom is -0.464 e. The Morgan fingerprint density at radius 1 is 1.23 bits per heavy atom. The van der Waals surface area contributed by atoms with Gasteiger partial charge < -0.3 is 9.47 Å². The Morgan fingerprint density at radius 3 is 2.42 bits per heavy atom. The van der Waals surface area contributed by atoms with E-state index in [4.69, 9.17) is 21.1 Å². The topological polar surface area (TPSA) is 70.4 Å². The molecule has 6 nitrogen and oxygen atoms in total. The maximum absolute atomic E-state index is 13.1. The molecular weight excluding hydrogens is 356 g/mol. The van der Waals surface area contributed by atoms with Crippen LogP contribution in [0.25, 0.3) is 0 Å². The first-order chi connectivity index (χ1) is 12.2. The Bertz CT molecular complexity index is 739. The van der Waals surface area contributed by atoms with E-state index in [2.05, 4.69) is 4.98 Å². The summed E-state index contributed by atoms with van der Waals surface area (Å²) in [5, 5.41) is 0.573. The first-order valence-corrected chi connectivity index (χ1v) is 8.69.